The van der Waals surface area contributed by atoms with E-state index >= 15 is 0 Å². The van der Waals surface area contributed by atoms with Gasteiger partial charge in [-0.15, -0.1) is 10.2 Å². The molecular formula is C15H26N6O. The van der Waals surface area contributed by atoms with Crippen molar-refractivity contribution in [2.45, 2.75) is 69.7 Å². The summed E-state index contributed by atoms with van der Waals surface area (Å²) in [6.07, 6.45) is 10.5. The second kappa shape index (κ2) is 7.56. The summed E-state index contributed by atoms with van der Waals surface area (Å²) >= 11 is 0. The third-order valence-electron chi connectivity index (χ3n) is 4.94. The molecule has 1 saturated carbocycles. The zero-order valence-corrected chi connectivity index (χ0v) is 13.1. The summed E-state index contributed by atoms with van der Waals surface area (Å²) in [5.74, 6) is 1.10. The number of nitrogens with one attached hydrogen (secondary N) is 2. The standard InChI is InChI=1S/C15H26N6O/c22-15(16-13-6-4-2-1-3-5-7-13)21-10-8-12(9-11-21)14-17-19-20-18-14/h12-13H,1-11H2,(H,16,22)(H,17,18,19,20). The highest BCUT2D eigenvalue weighted by atomic mass is 16.2. The second-order valence-corrected chi connectivity index (χ2v) is 6.52. The van der Waals surface area contributed by atoms with E-state index in [1.807, 2.05) is 4.90 Å². The highest BCUT2D eigenvalue weighted by Gasteiger charge is 2.27. The molecule has 1 aliphatic heterocycles. The van der Waals surface area contributed by atoms with E-state index in [1.54, 1.807) is 0 Å². The number of piperidine rings is 1. The number of carbonyl (C=O) groups is 1. The van der Waals surface area contributed by atoms with Gasteiger partial charge >= 0.3 is 6.03 Å². The zero-order valence-electron chi connectivity index (χ0n) is 13.1. The van der Waals surface area contributed by atoms with Gasteiger partial charge in [-0.25, -0.2) is 4.79 Å². The first-order valence-corrected chi connectivity index (χ1v) is 8.61. The Morgan fingerprint density at radius 2 is 1.73 bits per heavy atom. The van der Waals surface area contributed by atoms with Gasteiger partial charge in [0.25, 0.3) is 0 Å². The Kier molecular flexibility index (Phi) is 5.24. The number of nitrogens with zero attached hydrogens (tertiary/aromatic N) is 4. The summed E-state index contributed by atoms with van der Waals surface area (Å²) in [7, 11) is 0. The fraction of sp³-hybridized carbons (Fsp3) is 0.867. The van der Waals surface area contributed by atoms with Gasteiger partial charge in [0.05, 0.1) is 0 Å². The summed E-state index contributed by atoms with van der Waals surface area (Å²) in [5, 5.41) is 17.5. The topological polar surface area (TPSA) is 86.8 Å². The molecule has 2 fully saturated rings. The summed E-state index contributed by atoms with van der Waals surface area (Å²) in [4.78, 5) is 14.4. The van der Waals surface area contributed by atoms with Gasteiger partial charge in [0.15, 0.2) is 5.82 Å². The van der Waals surface area contributed by atoms with Crippen molar-refractivity contribution in [3.63, 3.8) is 0 Å². The molecule has 3 rings (SSSR count). The summed E-state index contributed by atoms with van der Waals surface area (Å²) < 4.78 is 0. The van der Waals surface area contributed by atoms with Gasteiger partial charge in [-0.3, -0.25) is 0 Å². The van der Waals surface area contributed by atoms with E-state index in [-0.39, 0.29) is 6.03 Å². The van der Waals surface area contributed by atoms with E-state index in [1.165, 1.54) is 32.1 Å². The molecule has 2 aliphatic rings. The molecule has 1 saturated heterocycles. The lowest BCUT2D eigenvalue weighted by Crippen LogP contribution is -2.47. The van der Waals surface area contributed by atoms with E-state index in [0.717, 1.165) is 44.6 Å². The molecule has 1 aromatic rings. The van der Waals surface area contributed by atoms with Crippen molar-refractivity contribution in [3.8, 4) is 0 Å². The number of hydrogen-bond acceptors (Lipinski definition) is 4. The number of H-pyrrole nitrogens is 1. The van der Waals surface area contributed by atoms with Crippen LogP contribution in [0.1, 0.15) is 69.5 Å². The van der Waals surface area contributed by atoms with Gasteiger partial charge < -0.3 is 10.2 Å². The van der Waals surface area contributed by atoms with E-state index in [4.69, 9.17) is 0 Å². The molecule has 7 nitrogen and oxygen atoms in total. The largest absolute Gasteiger partial charge is 0.335 e. The Balaban J connectivity index is 1.45. The fourth-order valence-corrected chi connectivity index (χ4v) is 3.55. The number of likely N-dealkylation sites (tertiary alicyclic amines) is 1. The van der Waals surface area contributed by atoms with Crippen molar-refractivity contribution >= 4 is 6.03 Å². The number of aromatic nitrogens is 4. The van der Waals surface area contributed by atoms with Crippen molar-refractivity contribution in [2.24, 2.45) is 0 Å². The van der Waals surface area contributed by atoms with Gasteiger partial charge in [-0.1, -0.05) is 37.3 Å². The second-order valence-electron chi connectivity index (χ2n) is 6.52. The Morgan fingerprint density at radius 1 is 1.05 bits per heavy atom. The van der Waals surface area contributed by atoms with E-state index < -0.39 is 0 Å². The number of aromatic amines is 1. The quantitative estimate of drug-likeness (QED) is 0.877. The van der Waals surface area contributed by atoms with Crippen LogP contribution in [0.15, 0.2) is 0 Å². The van der Waals surface area contributed by atoms with Gasteiger partial charge in [0.1, 0.15) is 0 Å². The Labute approximate surface area is 131 Å². The van der Waals surface area contributed by atoms with Crippen LogP contribution in [0.5, 0.6) is 0 Å². The van der Waals surface area contributed by atoms with Crippen LogP contribution in [-0.4, -0.2) is 50.7 Å². The van der Waals surface area contributed by atoms with Crippen molar-refractivity contribution in [1.29, 1.82) is 0 Å². The molecule has 2 heterocycles. The van der Waals surface area contributed by atoms with Crippen LogP contribution >= 0.6 is 0 Å². The van der Waals surface area contributed by atoms with Crippen LogP contribution < -0.4 is 5.32 Å². The Bertz CT molecular complexity index is 447. The number of urea groups is 1. The monoisotopic (exact) mass is 306 g/mol. The average molecular weight is 306 g/mol. The molecule has 0 spiro atoms. The lowest BCUT2D eigenvalue weighted by molar-refractivity contribution is 0.174. The van der Waals surface area contributed by atoms with Crippen molar-refractivity contribution in [1.82, 2.24) is 30.8 Å². The minimum absolute atomic E-state index is 0.108. The molecule has 0 bridgehead atoms. The van der Waals surface area contributed by atoms with E-state index in [2.05, 4.69) is 25.9 Å². The Morgan fingerprint density at radius 3 is 2.36 bits per heavy atom. The van der Waals surface area contributed by atoms with Gasteiger partial charge in [-0.05, 0) is 25.7 Å². The van der Waals surface area contributed by atoms with Crippen LogP contribution in [0, 0.1) is 0 Å². The first-order chi connectivity index (χ1) is 10.8. The molecule has 0 atom stereocenters. The number of amides is 2. The highest BCUT2D eigenvalue weighted by Crippen LogP contribution is 2.25. The van der Waals surface area contributed by atoms with Crippen LogP contribution in [0.2, 0.25) is 0 Å². The molecule has 7 heteroatoms. The first-order valence-electron chi connectivity index (χ1n) is 8.61. The predicted octanol–water partition coefficient (Wildman–Crippen LogP) is 2.20. The molecule has 2 N–H and O–H groups in total. The molecule has 0 aromatic carbocycles. The molecule has 0 unspecified atom stereocenters. The number of carbonyl (C=O) groups excluding carboxylic acids is 1. The van der Waals surface area contributed by atoms with Crippen molar-refractivity contribution in [2.75, 3.05) is 13.1 Å². The molecule has 2 amide bonds. The number of tetrazole rings is 1. The minimum atomic E-state index is 0.108. The maximum Gasteiger partial charge on any atom is 0.317 e. The Hall–Kier alpha value is -1.66. The van der Waals surface area contributed by atoms with Crippen LogP contribution in [0.4, 0.5) is 4.79 Å². The van der Waals surface area contributed by atoms with Crippen LogP contribution in [0.25, 0.3) is 0 Å². The van der Waals surface area contributed by atoms with Crippen LogP contribution in [0.3, 0.4) is 0 Å². The summed E-state index contributed by atoms with van der Waals surface area (Å²) in [5.41, 5.74) is 0. The number of rotatable bonds is 2. The number of hydrogen-bond donors (Lipinski definition) is 2. The molecule has 122 valence electrons. The van der Waals surface area contributed by atoms with E-state index in [9.17, 15) is 4.79 Å². The molecule has 22 heavy (non-hydrogen) atoms. The molecule has 1 aliphatic carbocycles. The summed E-state index contributed by atoms with van der Waals surface area (Å²) in [6, 6.07) is 0.472. The van der Waals surface area contributed by atoms with Gasteiger partial charge in [0, 0.05) is 25.0 Å². The molecule has 1 aromatic heterocycles. The third kappa shape index (κ3) is 3.96. The maximum atomic E-state index is 12.4. The minimum Gasteiger partial charge on any atom is -0.335 e. The SMILES string of the molecule is O=C(NC1CCCCCCC1)N1CCC(c2nn[nH]n2)CC1. The molecular weight excluding hydrogens is 280 g/mol. The average Bonchev–Trinajstić information content (AvgIpc) is 3.04. The van der Waals surface area contributed by atoms with Crippen molar-refractivity contribution < 1.29 is 4.79 Å². The lowest BCUT2D eigenvalue weighted by Gasteiger charge is -2.32. The van der Waals surface area contributed by atoms with Crippen LogP contribution in [-0.2, 0) is 0 Å². The molecule has 0 radical (unpaired) electrons. The predicted molar refractivity (Wildman–Crippen MR) is 82.4 cm³/mol. The van der Waals surface area contributed by atoms with Gasteiger partial charge in [-0.2, -0.15) is 5.21 Å². The zero-order chi connectivity index (χ0) is 15.2. The fourth-order valence-electron chi connectivity index (χ4n) is 3.55. The normalized spacial score (nSPS) is 22.1. The summed E-state index contributed by atoms with van der Waals surface area (Å²) in [6.45, 7) is 1.55. The van der Waals surface area contributed by atoms with Gasteiger partial charge in [0.2, 0.25) is 0 Å². The van der Waals surface area contributed by atoms with Crippen molar-refractivity contribution in [3.05, 3.63) is 5.82 Å². The highest BCUT2D eigenvalue weighted by molar-refractivity contribution is 5.74. The maximum absolute atomic E-state index is 12.4. The van der Waals surface area contributed by atoms with E-state index in [0.29, 0.717) is 12.0 Å². The third-order valence-corrected chi connectivity index (χ3v) is 4.94. The smallest absolute Gasteiger partial charge is 0.317 e. The lowest BCUT2D eigenvalue weighted by atomic mass is 9.96. The first kappa shape index (κ1) is 15.2.